The molecule has 0 fully saturated rings. The molecular weight excluding hydrogens is 58.0 g/mol. The fraction of sp³-hybridized carbons (Fsp3) is 1.00. The molecule has 0 rings (SSSR count). The topological polar surface area (TPSA) is 71.0 Å². The molecule has 0 atom stereocenters. The molecule has 0 heterocycles. The van der Waals surface area contributed by atoms with Gasteiger partial charge in [0.25, 0.3) is 0 Å². The summed E-state index contributed by atoms with van der Waals surface area (Å²) in [5, 5.41) is 7.12. The van der Waals surface area contributed by atoms with E-state index in [0.717, 1.165) is 0 Å². The minimum atomic E-state index is -0.750. The van der Waals surface area contributed by atoms with Crippen LogP contribution < -0.4 is 5.73 Å². The molecule has 0 spiro atoms. The molecule has 0 aromatic carbocycles. The summed E-state index contributed by atoms with van der Waals surface area (Å²) in [4.78, 5) is 0. The molecule has 4 radical (unpaired) electrons. The summed E-state index contributed by atoms with van der Waals surface area (Å²) < 4.78 is 0. The van der Waals surface area contributed by atoms with Gasteiger partial charge in [-0.1, -0.05) is 0 Å². The normalized spacial score (nSPS) is 4.50. The quantitative estimate of drug-likeness (QED) is 0.379. The molecule has 4 heavy (non-hydrogen) atoms. The first-order valence-electron chi connectivity index (χ1n) is 0.632. The van der Waals surface area contributed by atoms with Gasteiger partial charge in [-0.15, -0.1) is 5.73 Å². The van der Waals surface area contributed by atoms with Crippen LogP contribution in [-0.4, -0.2) is 11.8 Å². The molecule has 0 aliphatic carbocycles. The van der Waals surface area contributed by atoms with Crippen LogP contribution in [0.2, 0.25) is 0 Å². The Morgan fingerprint density at radius 3 is 1.75 bits per heavy atom. The van der Waals surface area contributed by atoms with Crippen LogP contribution in [0.5, 0.6) is 0 Å². The number of aliphatic hydroxyl groups excluding tert-OH is 1. The molecular formula is CH3NO2. The van der Waals surface area contributed by atoms with Crippen LogP contribution in [0.4, 0.5) is 0 Å². The Hall–Kier alpha value is -0.120. The molecule has 0 bridgehead atoms. The van der Waals surface area contributed by atoms with Gasteiger partial charge < -0.3 is 5.11 Å². The molecule has 0 saturated heterocycles. The van der Waals surface area contributed by atoms with Crippen molar-refractivity contribution in [3.8, 4) is 0 Å². The highest BCUT2D eigenvalue weighted by molar-refractivity contribution is 3.73. The number of hydrogen-bond acceptors (Lipinski definition) is 1. The zero-order valence-electron chi connectivity index (χ0n) is 2.01. The number of rotatable bonds is 0. The first-order chi connectivity index (χ1) is 1.41. The van der Waals surface area contributed by atoms with E-state index in [4.69, 9.17) is 10.8 Å². The maximum atomic E-state index is 7.12. The molecule has 1 N–H and O–H groups in total. The van der Waals surface area contributed by atoms with Crippen LogP contribution in [0.15, 0.2) is 0 Å². The average molecular weight is 61.0 g/mol. The monoisotopic (exact) mass is 61.0 g/mol. The smallest absolute Gasteiger partial charge is 0.127 e. The average Bonchev–Trinajstić information content (AvgIpc) is 0.918. The van der Waals surface area contributed by atoms with Crippen molar-refractivity contribution < 1.29 is 10.6 Å². The fourth-order valence-corrected chi connectivity index (χ4v) is 0. The summed E-state index contributed by atoms with van der Waals surface area (Å²) in [6, 6.07) is 0. The third kappa shape index (κ3) is 101. The minimum absolute atomic E-state index is 0. The van der Waals surface area contributed by atoms with Crippen molar-refractivity contribution in [1.29, 1.82) is 0 Å². The van der Waals surface area contributed by atoms with Crippen molar-refractivity contribution in [1.82, 2.24) is 5.73 Å². The van der Waals surface area contributed by atoms with Crippen molar-refractivity contribution in [2.45, 2.75) is 0 Å². The predicted octanol–water partition coefficient (Wildman–Crippen LogP) is -1.11. The van der Waals surface area contributed by atoms with Crippen molar-refractivity contribution in [2.24, 2.45) is 0 Å². The Morgan fingerprint density at radius 1 is 1.75 bits per heavy atom. The van der Waals surface area contributed by atoms with E-state index in [2.05, 4.69) is 0 Å². The van der Waals surface area contributed by atoms with Gasteiger partial charge in [0, 0.05) is 5.48 Å². The van der Waals surface area contributed by atoms with Crippen LogP contribution in [0, 0.1) is 0 Å². The molecule has 0 aromatic rings. The van der Waals surface area contributed by atoms with E-state index in [-0.39, 0.29) is 5.48 Å². The lowest BCUT2D eigenvalue weighted by atomic mass is 11.4. The Morgan fingerprint density at radius 2 is 1.75 bits per heavy atom. The highest BCUT2D eigenvalue weighted by atomic mass is 16.3. The van der Waals surface area contributed by atoms with Gasteiger partial charge in [-0.2, -0.15) is 0 Å². The largest absolute Gasteiger partial charge is 0.378 e. The second kappa shape index (κ2) is 13.1. The molecule has 0 unspecified atom stereocenters. The summed E-state index contributed by atoms with van der Waals surface area (Å²) in [5.41, 5.74) is 7.12. The van der Waals surface area contributed by atoms with E-state index >= 15 is 0 Å². The highest BCUT2D eigenvalue weighted by Crippen LogP contribution is 1.13. The maximum Gasteiger partial charge on any atom is 0.127 e. The third-order valence-corrected chi connectivity index (χ3v) is 0. The van der Waals surface area contributed by atoms with Crippen molar-refractivity contribution in [2.75, 3.05) is 6.73 Å². The van der Waals surface area contributed by atoms with Gasteiger partial charge in [0.05, 0.1) is 0 Å². The first-order valence-corrected chi connectivity index (χ1v) is 0.632. The van der Waals surface area contributed by atoms with Gasteiger partial charge in [0.15, 0.2) is 0 Å². The lowest BCUT2D eigenvalue weighted by Crippen LogP contribution is -1.71. The van der Waals surface area contributed by atoms with Crippen molar-refractivity contribution >= 4 is 0 Å². The SMILES string of the molecule is [N]CO.[O]. The van der Waals surface area contributed by atoms with E-state index in [0.29, 0.717) is 0 Å². The maximum absolute atomic E-state index is 7.12. The zero-order chi connectivity index (χ0) is 2.71. The molecule has 3 heteroatoms. The Balaban J connectivity index is 0. The minimum Gasteiger partial charge on any atom is -0.378 e. The predicted molar refractivity (Wildman–Crippen MR) is 9.91 cm³/mol. The molecule has 24 valence electrons. The molecule has 0 amide bonds. The van der Waals surface area contributed by atoms with Gasteiger partial charge in [-0.05, 0) is 0 Å². The lowest BCUT2D eigenvalue weighted by molar-refractivity contribution is 0.300. The fourth-order valence-electron chi connectivity index (χ4n) is 0. The molecule has 0 aliphatic heterocycles. The lowest BCUT2D eigenvalue weighted by Gasteiger charge is -1.49. The van der Waals surface area contributed by atoms with Crippen molar-refractivity contribution in [3.05, 3.63) is 0 Å². The number of nitrogens with zero attached hydrogens (tertiary/aromatic N) is 1. The summed E-state index contributed by atoms with van der Waals surface area (Å²) >= 11 is 0. The second-order valence-electron chi connectivity index (χ2n) is 0.141. The first kappa shape index (κ1) is 9.11. The van der Waals surface area contributed by atoms with Gasteiger partial charge in [0.1, 0.15) is 6.73 Å². The van der Waals surface area contributed by atoms with E-state index in [1.165, 1.54) is 0 Å². The molecule has 0 aliphatic rings. The second-order valence-corrected chi connectivity index (χ2v) is 0.141. The van der Waals surface area contributed by atoms with E-state index < -0.39 is 6.73 Å². The summed E-state index contributed by atoms with van der Waals surface area (Å²) in [5.74, 6) is 0. The Kier molecular flexibility index (Phi) is 29.9. The summed E-state index contributed by atoms with van der Waals surface area (Å²) in [7, 11) is 0. The number of hydrogen-bond donors (Lipinski definition) is 1. The number of aliphatic hydroxyl groups is 1. The van der Waals surface area contributed by atoms with Crippen LogP contribution in [0.1, 0.15) is 0 Å². The van der Waals surface area contributed by atoms with E-state index in [1.54, 1.807) is 0 Å². The molecule has 0 aromatic heterocycles. The van der Waals surface area contributed by atoms with E-state index in [1.807, 2.05) is 0 Å². The van der Waals surface area contributed by atoms with Gasteiger partial charge in [0.2, 0.25) is 0 Å². The molecule has 3 nitrogen and oxygen atoms in total. The van der Waals surface area contributed by atoms with E-state index in [9.17, 15) is 0 Å². The summed E-state index contributed by atoms with van der Waals surface area (Å²) in [6.45, 7) is -0.750. The van der Waals surface area contributed by atoms with Crippen LogP contribution in [0.25, 0.3) is 0 Å². The Bertz CT molecular complexity index is 6.00. The van der Waals surface area contributed by atoms with Crippen LogP contribution >= 0.6 is 0 Å². The zero-order valence-corrected chi connectivity index (χ0v) is 2.01. The third-order valence-electron chi connectivity index (χ3n) is 0. The van der Waals surface area contributed by atoms with Crippen molar-refractivity contribution in [3.63, 3.8) is 0 Å². The van der Waals surface area contributed by atoms with Gasteiger partial charge >= 0.3 is 0 Å². The van der Waals surface area contributed by atoms with Gasteiger partial charge in [-0.25, -0.2) is 0 Å². The van der Waals surface area contributed by atoms with Crippen LogP contribution in [0.3, 0.4) is 0 Å². The van der Waals surface area contributed by atoms with Crippen LogP contribution in [-0.2, 0) is 5.48 Å². The Labute approximate surface area is 24.4 Å². The standard InChI is InChI=1S/CH3NO.O/c2-1-3;/h3H,1H2;. The summed E-state index contributed by atoms with van der Waals surface area (Å²) in [6.07, 6.45) is 0. The highest BCUT2D eigenvalue weighted by Gasteiger charge is 1.37. The van der Waals surface area contributed by atoms with Gasteiger partial charge in [-0.3, -0.25) is 0 Å². The molecule has 0 saturated carbocycles.